The van der Waals surface area contributed by atoms with E-state index in [1.165, 1.54) is 0 Å². The van der Waals surface area contributed by atoms with Crippen molar-refractivity contribution < 1.29 is 9.59 Å². The van der Waals surface area contributed by atoms with Crippen LogP contribution >= 0.6 is 0 Å². The van der Waals surface area contributed by atoms with E-state index >= 15 is 0 Å². The van der Waals surface area contributed by atoms with E-state index in [-0.39, 0.29) is 11.8 Å². The molecule has 108 valence electrons. The van der Waals surface area contributed by atoms with Crippen LogP contribution in [0, 0.1) is 0 Å². The number of nitrogens with one attached hydrogen (secondary N) is 1. The lowest BCUT2D eigenvalue weighted by Gasteiger charge is -2.31. The average Bonchev–Trinajstić information content (AvgIpc) is 3.07. The number of amides is 2. The summed E-state index contributed by atoms with van der Waals surface area (Å²) in [5, 5.41) is 7.12. The second kappa shape index (κ2) is 5.26. The van der Waals surface area contributed by atoms with Crippen LogP contribution in [-0.2, 0) is 16.1 Å². The van der Waals surface area contributed by atoms with Crippen LogP contribution in [0.5, 0.6) is 0 Å². The smallest absolute Gasteiger partial charge is 0.248 e. The van der Waals surface area contributed by atoms with Crippen LogP contribution in [-0.4, -0.2) is 45.1 Å². The van der Waals surface area contributed by atoms with E-state index < -0.39 is 5.54 Å². The van der Waals surface area contributed by atoms with Gasteiger partial charge in [-0.05, 0) is 18.9 Å². The van der Waals surface area contributed by atoms with Crippen LogP contribution in [0.25, 0.3) is 0 Å². The van der Waals surface area contributed by atoms with E-state index in [2.05, 4.69) is 10.4 Å². The Morgan fingerprint density at radius 2 is 2.05 bits per heavy atom. The van der Waals surface area contributed by atoms with Crippen LogP contribution in [0.2, 0.25) is 0 Å². The number of carbonyl (C=O) groups excluding carboxylic acids is 2. The molecule has 1 saturated carbocycles. The molecule has 2 heterocycles. The molecule has 1 aliphatic carbocycles. The Morgan fingerprint density at radius 3 is 2.75 bits per heavy atom. The molecule has 2 aliphatic rings. The van der Waals surface area contributed by atoms with Crippen molar-refractivity contribution in [2.75, 3.05) is 13.1 Å². The lowest BCUT2D eigenvalue weighted by Crippen LogP contribution is -2.55. The summed E-state index contributed by atoms with van der Waals surface area (Å²) in [6.07, 6.45) is 7.58. The third kappa shape index (κ3) is 2.42. The van der Waals surface area contributed by atoms with Crippen LogP contribution < -0.4 is 5.32 Å². The Hall–Kier alpha value is -1.85. The minimum Gasteiger partial charge on any atom is -0.342 e. The number of rotatable bonds is 3. The quantitative estimate of drug-likeness (QED) is 0.876. The van der Waals surface area contributed by atoms with Crippen molar-refractivity contribution >= 4 is 11.8 Å². The Balaban J connectivity index is 1.72. The first-order chi connectivity index (χ1) is 9.70. The van der Waals surface area contributed by atoms with E-state index in [0.717, 1.165) is 25.7 Å². The van der Waals surface area contributed by atoms with Crippen LogP contribution in [0.4, 0.5) is 0 Å². The molecule has 1 aromatic heterocycles. The predicted molar refractivity (Wildman–Crippen MR) is 72.8 cm³/mol. The molecule has 20 heavy (non-hydrogen) atoms. The van der Waals surface area contributed by atoms with E-state index in [0.29, 0.717) is 26.1 Å². The average molecular weight is 276 g/mol. The van der Waals surface area contributed by atoms with Crippen molar-refractivity contribution in [2.45, 2.75) is 44.2 Å². The van der Waals surface area contributed by atoms with Gasteiger partial charge in [0.1, 0.15) is 5.54 Å². The van der Waals surface area contributed by atoms with E-state index in [1.54, 1.807) is 6.20 Å². The van der Waals surface area contributed by atoms with Gasteiger partial charge >= 0.3 is 0 Å². The summed E-state index contributed by atoms with van der Waals surface area (Å²) < 4.78 is 1.81. The van der Waals surface area contributed by atoms with Gasteiger partial charge in [0, 0.05) is 31.9 Å². The zero-order valence-corrected chi connectivity index (χ0v) is 11.5. The maximum Gasteiger partial charge on any atom is 0.248 e. The van der Waals surface area contributed by atoms with E-state index in [1.807, 2.05) is 21.8 Å². The molecule has 3 rings (SSSR count). The Bertz CT molecular complexity index is 491. The first-order valence-corrected chi connectivity index (χ1v) is 7.27. The molecule has 2 amide bonds. The fourth-order valence-electron chi connectivity index (χ4n) is 3.21. The SMILES string of the molecule is O=C1CCN(CCn2cccn2)C(=O)C2(CCCC2)N1. The third-order valence-electron chi connectivity index (χ3n) is 4.30. The molecular formula is C14H20N4O2. The molecule has 0 unspecified atom stereocenters. The highest BCUT2D eigenvalue weighted by Gasteiger charge is 2.46. The van der Waals surface area contributed by atoms with Gasteiger partial charge in [0.25, 0.3) is 0 Å². The van der Waals surface area contributed by atoms with Gasteiger partial charge in [-0.2, -0.15) is 5.10 Å². The maximum atomic E-state index is 12.8. The highest BCUT2D eigenvalue weighted by Crippen LogP contribution is 2.32. The lowest BCUT2D eigenvalue weighted by molar-refractivity contribution is -0.138. The van der Waals surface area contributed by atoms with Crippen molar-refractivity contribution in [1.82, 2.24) is 20.0 Å². The molecule has 0 aromatic carbocycles. The van der Waals surface area contributed by atoms with Crippen molar-refractivity contribution in [3.63, 3.8) is 0 Å². The van der Waals surface area contributed by atoms with Gasteiger partial charge in [-0.1, -0.05) is 12.8 Å². The van der Waals surface area contributed by atoms with Crippen molar-refractivity contribution in [3.05, 3.63) is 18.5 Å². The Labute approximate surface area is 118 Å². The maximum absolute atomic E-state index is 12.8. The molecule has 2 fully saturated rings. The largest absolute Gasteiger partial charge is 0.342 e. The van der Waals surface area contributed by atoms with Crippen molar-refractivity contribution in [3.8, 4) is 0 Å². The van der Waals surface area contributed by atoms with Gasteiger partial charge in [0.05, 0.1) is 6.54 Å². The molecule has 6 heteroatoms. The van der Waals surface area contributed by atoms with Crippen LogP contribution in [0.15, 0.2) is 18.5 Å². The fourth-order valence-corrected chi connectivity index (χ4v) is 3.21. The molecule has 1 aliphatic heterocycles. The minimum absolute atomic E-state index is 0.00170. The van der Waals surface area contributed by atoms with Gasteiger partial charge in [-0.3, -0.25) is 14.3 Å². The van der Waals surface area contributed by atoms with Crippen molar-refractivity contribution in [1.29, 1.82) is 0 Å². The highest BCUT2D eigenvalue weighted by atomic mass is 16.2. The van der Waals surface area contributed by atoms with Gasteiger partial charge < -0.3 is 10.2 Å². The Morgan fingerprint density at radius 1 is 1.25 bits per heavy atom. The normalized spacial score (nSPS) is 22.1. The Kier molecular flexibility index (Phi) is 3.46. The molecule has 1 spiro atoms. The second-order valence-electron chi connectivity index (χ2n) is 5.65. The zero-order valence-electron chi connectivity index (χ0n) is 11.5. The van der Waals surface area contributed by atoms with Crippen molar-refractivity contribution in [2.24, 2.45) is 0 Å². The molecule has 0 radical (unpaired) electrons. The molecule has 1 N–H and O–H groups in total. The lowest BCUT2D eigenvalue weighted by atomic mass is 9.96. The standard InChI is InChI=1S/C14H20N4O2/c19-12-4-9-17(10-11-18-8-3-7-15-18)13(20)14(16-12)5-1-2-6-14/h3,7-8H,1-2,4-6,9-11H2,(H,16,19). The molecule has 0 bridgehead atoms. The van der Waals surface area contributed by atoms with Gasteiger partial charge in [0.2, 0.25) is 11.8 Å². The monoisotopic (exact) mass is 276 g/mol. The summed E-state index contributed by atoms with van der Waals surface area (Å²) >= 11 is 0. The van der Waals surface area contributed by atoms with E-state index in [4.69, 9.17) is 0 Å². The summed E-state index contributed by atoms with van der Waals surface area (Å²) in [5.74, 6) is 0.0924. The molecule has 6 nitrogen and oxygen atoms in total. The predicted octanol–water partition coefficient (Wildman–Crippen LogP) is 0.544. The highest BCUT2D eigenvalue weighted by molar-refractivity contribution is 5.93. The van der Waals surface area contributed by atoms with E-state index in [9.17, 15) is 9.59 Å². The minimum atomic E-state index is -0.627. The summed E-state index contributed by atoms with van der Waals surface area (Å²) in [6.45, 7) is 1.79. The first kappa shape index (κ1) is 13.1. The van der Waals surface area contributed by atoms with Crippen LogP contribution in [0.3, 0.4) is 0 Å². The fraction of sp³-hybridized carbons (Fsp3) is 0.643. The summed E-state index contributed by atoms with van der Waals surface area (Å²) in [6, 6.07) is 1.87. The number of carbonyl (C=O) groups is 2. The first-order valence-electron chi connectivity index (χ1n) is 7.27. The molecule has 1 saturated heterocycles. The van der Waals surface area contributed by atoms with Gasteiger partial charge in [-0.25, -0.2) is 0 Å². The molecular weight excluding hydrogens is 256 g/mol. The molecule has 0 atom stereocenters. The summed E-state index contributed by atoms with van der Waals surface area (Å²) in [5.41, 5.74) is -0.627. The number of nitrogens with zero attached hydrogens (tertiary/aromatic N) is 3. The molecule has 1 aromatic rings. The zero-order chi connectivity index (χ0) is 14.0. The number of aromatic nitrogens is 2. The third-order valence-corrected chi connectivity index (χ3v) is 4.30. The van der Waals surface area contributed by atoms with Gasteiger partial charge in [0.15, 0.2) is 0 Å². The van der Waals surface area contributed by atoms with Crippen LogP contribution in [0.1, 0.15) is 32.1 Å². The second-order valence-corrected chi connectivity index (χ2v) is 5.65. The summed E-state index contributed by atoms with van der Waals surface area (Å²) in [7, 11) is 0. The van der Waals surface area contributed by atoms with Gasteiger partial charge in [-0.15, -0.1) is 0 Å². The number of hydrogen-bond acceptors (Lipinski definition) is 3. The number of hydrogen-bond donors (Lipinski definition) is 1. The summed E-state index contributed by atoms with van der Waals surface area (Å²) in [4.78, 5) is 26.4. The topological polar surface area (TPSA) is 67.2 Å².